The van der Waals surface area contributed by atoms with E-state index >= 15 is 0 Å². The van der Waals surface area contributed by atoms with Gasteiger partial charge in [0.15, 0.2) is 23.1 Å². The fraction of sp³-hybridized carbons (Fsp3) is 0.400. The highest BCUT2D eigenvalue weighted by atomic mass is 127. The number of ether oxygens (including phenoxy) is 2. The number of nitro benzene ring substituents is 1. The number of halogens is 1. The molecule has 0 N–H and O–H groups in total. The molecule has 204 valence electrons. The Morgan fingerprint density at radius 2 is 1.56 bits per heavy atom. The lowest BCUT2D eigenvalue weighted by atomic mass is 9.71. The van der Waals surface area contributed by atoms with Gasteiger partial charge in [-0.1, -0.05) is 0 Å². The van der Waals surface area contributed by atoms with Crippen molar-refractivity contribution in [2.45, 2.75) is 64.9 Å². The number of non-ortho nitro benzene ring substituents is 1. The van der Waals surface area contributed by atoms with Gasteiger partial charge in [0.05, 0.1) is 15.1 Å². The summed E-state index contributed by atoms with van der Waals surface area (Å²) in [6.07, 6.45) is 4.32. The molecular weight excluding hydrogens is 611 g/mol. The second kappa shape index (κ2) is 11.5. The van der Waals surface area contributed by atoms with E-state index in [2.05, 4.69) is 34.4 Å². The molecule has 5 rings (SSSR count). The van der Waals surface area contributed by atoms with E-state index in [1.807, 2.05) is 19.1 Å². The van der Waals surface area contributed by atoms with Gasteiger partial charge in [0.2, 0.25) is 0 Å². The summed E-state index contributed by atoms with van der Waals surface area (Å²) in [6, 6.07) is 10.2. The summed E-state index contributed by atoms with van der Waals surface area (Å²) in [5, 5.41) is 11.0. The molecule has 1 heterocycles. The van der Waals surface area contributed by atoms with E-state index in [0.717, 1.165) is 69.5 Å². The predicted molar refractivity (Wildman–Crippen MR) is 155 cm³/mol. The van der Waals surface area contributed by atoms with Crippen LogP contribution in [-0.2, 0) is 16.2 Å². The van der Waals surface area contributed by atoms with E-state index in [1.54, 1.807) is 12.1 Å². The molecule has 0 spiro atoms. The second-order valence-electron chi connectivity index (χ2n) is 9.93. The third-order valence-electron chi connectivity index (χ3n) is 7.60. The maximum atomic E-state index is 13.4. The van der Waals surface area contributed by atoms with Crippen molar-refractivity contribution >= 4 is 39.8 Å². The smallest absolute Gasteiger partial charge is 0.269 e. The topological polar surface area (TPSA) is 99.0 Å². The van der Waals surface area contributed by atoms with E-state index in [0.29, 0.717) is 30.9 Å². The minimum absolute atomic E-state index is 0.0266. The van der Waals surface area contributed by atoms with Crippen LogP contribution < -0.4 is 9.47 Å². The lowest BCUT2D eigenvalue weighted by Gasteiger charge is -2.43. The van der Waals surface area contributed by atoms with E-state index in [-0.39, 0.29) is 23.9 Å². The number of benzene rings is 2. The first-order chi connectivity index (χ1) is 18.8. The van der Waals surface area contributed by atoms with Crippen molar-refractivity contribution in [1.29, 1.82) is 0 Å². The third kappa shape index (κ3) is 5.20. The molecule has 0 bridgehead atoms. The van der Waals surface area contributed by atoms with Crippen LogP contribution in [0.25, 0.3) is 0 Å². The fourth-order valence-corrected chi connectivity index (χ4v) is 6.74. The number of Topliss-reactive ketones (excluding diaryl/α,β-unsaturated/α-hetero) is 2. The Bertz CT molecular complexity index is 1350. The summed E-state index contributed by atoms with van der Waals surface area (Å²) >= 11 is 2.21. The quantitative estimate of drug-likeness (QED) is 0.182. The van der Waals surface area contributed by atoms with Crippen molar-refractivity contribution in [3.05, 3.63) is 83.7 Å². The van der Waals surface area contributed by atoms with Crippen molar-refractivity contribution in [2.75, 3.05) is 13.2 Å². The van der Waals surface area contributed by atoms with Crippen LogP contribution >= 0.6 is 22.6 Å². The standard InChI is InChI=1S/C30H31IN2O6/c1-3-32-22-7-5-9-24(34)28(22)27(29-23(32)8-6-10-25(29)35)19-15-21(31)30(26(16-19)38-4-2)39-17-18-11-13-20(14-12-18)33(36)37/h11-16,27H,3-10,17H2,1-2H3. The second-order valence-corrected chi connectivity index (χ2v) is 11.1. The van der Waals surface area contributed by atoms with Gasteiger partial charge in [0, 0.05) is 60.0 Å². The summed E-state index contributed by atoms with van der Waals surface area (Å²) < 4.78 is 13.0. The van der Waals surface area contributed by atoms with Gasteiger partial charge in [-0.05, 0) is 97.5 Å². The van der Waals surface area contributed by atoms with E-state index in [1.165, 1.54) is 12.1 Å². The van der Waals surface area contributed by atoms with Crippen LogP contribution in [-0.4, -0.2) is 34.5 Å². The highest BCUT2D eigenvalue weighted by molar-refractivity contribution is 14.1. The summed E-state index contributed by atoms with van der Waals surface area (Å²) in [7, 11) is 0. The minimum Gasteiger partial charge on any atom is -0.490 e. The number of nitrogens with zero attached hydrogens (tertiary/aromatic N) is 2. The Morgan fingerprint density at radius 3 is 2.10 bits per heavy atom. The van der Waals surface area contributed by atoms with Gasteiger partial charge in [-0.25, -0.2) is 0 Å². The zero-order valence-corrected chi connectivity index (χ0v) is 24.3. The van der Waals surface area contributed by atoms with Crippen LogP contribution in [0.1, 0.15) is 69.4 Å². The molecule has 2 aromatic carbocycles. The maximum Gasteiger partial charge on any atom is 0.269 e. The van der Waals surface area contributed by atoms with Crippen LogP contribution in [0, 0.1) is 13.7 Å². The molecule has 0 saturated heterocycles. The van der Waals surface area contributed by atoms with Crippen LogP contribution in [0.5, 0.6) is 11.5 Å². The molecule has 3 aliphatic rings. The van der Waals surface area contributed by atoms with Crippen molar-refractivity contribution < 1.29 is 24.0 Å². The number of hydrogen-bond acceptors (Lipinski definition) is 7. The average Bonchev–Trinajstić information content (AvgIpc) is 2.92. The van der Waals surface area contributed by atoms with E-state index in [9.17, 15) is 19.7 Å². The van der Waals surface area contributed by atoms with Gasteiger partial charge >= 0.3 is 0 Å². The number of nitro groups is 1. The molecule has 0 aromatic heterocycles. The number of ketones is 2. The summed E-state index contributed by atoms with van der Waals surface area (Å²) in [5.74, 6) is 0.955. The lowest BCUT2D eigenvalue weighted by Crippen LogP contribution is -2.39. The summed E-state index contributed by atoms with van der Waals surface area (Å²) in [4.78, 5) is 39.6. The van der Waals surface area contributed by atoms with Crippen molar-refractivity contribution in [3.8, 4) is 11.5 Å². The average molecular weight is 642 g/mol. The summed E-state index contributed by atoms with van der Waals surface area (Å²) in [5.41, 5.74) is 5.34. The fourth-order valence-electron chi connectivity index (χ4n) is 5.96. The molecule has 0 fully saturated rings. The molecule has 0 unspecified atom stereocenters. The van der Waals surface area contributed by atoms with Gasteiger partial charge in [-0.2, -0.15) is 0 Å². The Labute approximate surface area is 241 Å². The Kier molecular flexibility index (Phi) is 8.06. The van der Waals surface area contributed by atoms with Crippen LogP contribution in [0.3, 0.4) is 0 Å². The lowest BCUT2D eigenvalue weighted by molar-refractivity contribution is -0.384. The maximum absolute atomic E-state index is 13.4. The molecular formula is C30H31IN2O6. The first kappa shape index (κ1) is 27.4. The number of carbonyl (C=O) groups excluding carboxylic acids is 2. The first-order valence-electron chi connectivity index (χ1n) is 13.5. The minimum atomic E-state index is -0.430. The molecule has 1 aliphatic heterocycles. The number of hydrogen-bond donors (Lipinski definition) is 0. The molecule has 0 radical (unpaired) electrons. The molecule has 8 nitrogen and oxygen atoms in total. The molecule has 9 heteroatoms. The van der Waals surface area contributed by atoms with Gasteiger partial charge in [-0.15, -0.1) is 0 Å². The van der Waals surface area contributed by atoms with Crippen molar-refractivity contribution in [2.24, 2.45) is 0 Å². The number of rotatable bonds is 8. The van der Waals surface area contributed by atoms with Gasteiger partial charge in [0.1, 0.15) is 6.61 Å². The predicted octanol–water partition coefficient (Wildman–Crippen LogP) is 6.61. The van der Waals surface area contributed by atoms with E-state index in [4.69, 9.17) is 9.47 Å². The van der Waals surface area contributed by atoms with Crippen molar-refractivity contribution in [3.63, 3.8) is 0 Å². The normalized spacial score (nSPS) is 17.8. The molecule has 0 atom stereocenters. The number of carbonyl (C=O) groups is 2. The largest absolute Gasteiger partial charge is 0.490 e. The first-order valence-corrected chi connectivity index (χ1v) is 14.5. The van der Waals surface area contributed by atoms with Crippen LogP contribution in [0.2, 0.25) is 0 Å². The SMILES string of the molecule is CCOc1cc(C2C3=C(CCCC3=O)N(CC)C3=C2C(=O)CCC3)cc(I)c1OCc1ccc([N+](=O)[O-])cc1. The number of allylic oxidation sites excluding steroid dienone is 4. The molecule has 39 heavy (non-hydrogen) atoms. The highest BCUT2D eigenvalue weighted by Crippen LogP contribution is 2.50. The zero-order chi connectivity index (χ0) is 27.7. The summed E-state index contributed by atoms with van der Waals surface area (Å²) in [6.45, 7) is 5.35. The molecule has 0 amide bonds. The zero-order valence-electron chi connectivity index (χ0n) is 22.1. The Morgan fingerprint density at radius 1 is 0.949 bits per heavy atom. The van der Waals surface area contributed by atoms with Crippen LogP contribution in [0.4, 0.5) is 5.69 Å². The third-order valence-corrected chi connectivity index (χ3v) is 8.40. The molecule has 0 saturated carbocycles. The van der Waals surface area contributed by atoms with Crippen LogP contribution in [0.15, 0.2) is 58.9 Å². The molecule has 2 aromatic rings. The van der Waals surface area contributed by atoms with E-state index < -0.39 is 10.8 Å². The Balaban J connectivity index is 1.56. The van der Waals surface area contributed by atoms with Gasteiger partial charge in [0.25, 0.3) is 5.69 Å². The van der Waals surface area contributed by atoms with Crippen molar-refractivity contribution in [1.82, 2.24) is 4.90 Å². The monoisotopic (exact) mass is 642 g/mol. The Hall–Kier alpha value is -3.21. The van der Waals surface area contributed by atoms with Gasteiger partial charge in [-0.3, -0.25) is 19.7 Å². The molecule has 2 aliphatic carbocycles. The highest BCUT2D eigenvalue weighted by Gasteiger charge is 2.43. The van der Waals surface area contributed by atoms with Gasteiger partial charge < -0.3 is 14.4 Å².